The Hall–Kier alpha value is -0.620. The number of carbonyl (C=O) groups is 1. The quantitative estimate of drug-likeness (QED) is 0.673. The van der Waals surface area contributed by atoms with Gasteiger partial charge in [-0.05, 0) is 31.7 Å². The molecule has 0 bridgehead atoms. The molecule has 0 aliphatic heterocycles. The Morgan fingerprint density at radius 1 is 1.39 bits per heavy atom. The van der Waals surface area contributed by atoms with Crippen molar-refractivity contribution < 1.29 is 13.2 Å². The molecule has 1 unspecified atom stereocenters. The van der Waals surface area contributed by atoms with Crippen LogP contribution in [0.25, 0.3) is 0 Å². The topological polar surface area (TPSA) is 89.3 Å². The Morgan fingerprint density at radius 3 is 2.50 bits per heavy atom. The molecule has 1 rings (SSSR count). The maximum Gasteiger partial charge on any atom is 0.232 e. The summed E-state index contributed by atoms with van der Waals surface area (Å²) < 4.78 is 23.7. The third kappa shape index (κ3) is 5.35. The van der Waals surface area contributed by atoms with Crippen LogP contribution in [-0.4, -0.2) is 38.4 Å². The average molecular weight is 276 g/mol. The van der Waals surface area contributed by atoms with Crippen LogP contribution in [0, 0.1) is 5.92 Å². The van der Waals surface area contributed by atoms with E-state index in [9.17, 15) is 13.2 Å². The van der Waals surface area contributed by atoms with E-state index < -0.39 is 21.5 Å². The minimum absolute atomic E-state index is 0.0284. The van der Waals surface area contributed by atoms with Crippen LogP contribution < -0.4 is 11.1 Å². The van der Waals surface area contributed by atoms with Gasteiger partial charge in [0.15, 0.2) is 9.84 Å². The van der Waals surface area contributed by atoms with Crippen molar-refractivity contribution in [3.8, 4) is 0 Å². The second-order valence-corrected chi connectivity index (χ2v) is 7.24. The van der Waals surface area contributed by atoms with Crippen LogP contribution in [-0.2, 0) is 14.6 Å². The lowest BCUT2D eigenvalue weighted by molar-refractivity contribution is -0.115. The van der Waals surface area contributed by atoms with Gasteiger partial charge in [-0.15, -0.1) is 0 Å². The SMILES string of the molecule is CCCNC(CS(=O)(=O)CC(N)=O)C1CCCC1. The molecule has 1 aliphatic carbocycles. The lowest BCUT2D eigenvalue weighted by atomic mass is 10.00. The summed E-state index contributed by atoms with van der Waals surface area (Å²) >= 11 is 0. The molecule has 1 atom stereocenters. The zero-order chi connectivity index (χ0) is 13.6. The first-order valence-corrected chi connectivity index (χ1v) is 8.49. The lowest BCUT2D eigenvalue weighted by Crippen LogP contribution is -2.43. The molecule has 106 valence electrons. The van der Waals surface area contributed by atoms with Crippen molar-refractivity contribution in [2.24, 2.45) is 11.7 Å². The van der Waals surface area contributed by atoms with Gasteiger partial charge in [0.25, 0.3) is 0 Å². The van der Waals surface area contributed by atoms with E-state index in [1.807, 2.05) is 0 Å². The van der Waals surface area contributed by atoms with Crippen molar-refractivity contribution in [3.05, 3.63) is 0 Å². The Kier molecular flexibility index (Phi) is 6.08. The van der Waals surface area contributed by atoms with Crippen LogP contribution >= 0.6 is 0 Å². The van der Waals surface area contributed by atoms with E-state index in [1.165, 1.54) is 12.8 Å². The van der Waals surface area contributed by atoms with Crippen molar-refractivity contribution in [2.45, 2.75) is 45.1 Å². The van der Waals surface area contributed by atoms with Crippen LogP contribution in [0.1, 0.15) is 39.0 Å². The fourth-order valence-electron chi connectivity index (χ4n) is 2.60. The molecule has 0 saturated heterocycles. The molecule has 0 aromatic heterocycles. The number of sulfone groups is 1. The van der Waals surface area contributed by atoms with Crippen molar-refractivity contribution in [3.63, 3.8) is 0 Å². The van der Waals surface area contributed by atoms with Gasteiger partial charge in [0.2, 0.25) is 5.91 Å². The normalized spacial score (nSPS) is 18.9. The van der Waals surface area contributed by atoms with Gasteiger partial charge in [0.1, 0.15) is 5.75 Å². The summed E-state index contributed by atoms with van der Waals surface area (Å²) in [5.41, 5.74) is 4.97. The van der Waals surface area contributed by atoms with Gasteiger partial charge in [0, 0.05) is 6.04 Å². The van der Waals surface area contributed by atoms with E-state index in [4.69, 9.17) is 5.73 Å². The van der Waals surface area contributed by atoms with Crippen LogP contribution in [0.3, 0.4) is 0 Å². The summed E-state index contributed by atoms with van der Waals surface area (Å²) in [6.07, 6.45) is 5.47. The Labute approximate surface area is 109 Å². The predicted octanol–water partition coefficient (Wildman–Crippen LogP) is 0.445. The fourth-order valence-corrected chi connectivity index (χ4v) is 4.09. The summed E-state index contributed by atoms with van der Waals surface area (Å²) in [6.45, 7) is 2.86. The Balaban J connectivity index is 2.62. The van der Waals surface area contributed by atoms with Gasteiger partial charge >= 0.3 is 0 Å². The molecular weight excluding hydrogens is 252 g/mol. The number of carbonyl (C=O) groups excluding carboxylic acids is 1. The molecule has 5 nitrogen and oxygen atoms in total. The van der Waals surface area contributed by atoms with Gasteiger partial charge in [-0.2, -0.15) is 0 Å². The first kappa shape index (κ1) is 15.4. The number of nitrogens with one attached hydrogen (secondary N) is 1. The highest BCUT2D eigenvalue weighted by atomic mass is 32.2. The molecule has 1 aliphatic rings. The fraction of sp³-hybridized carbons (Fsp3) is 0.917. The van der Waals surface area contributed by atoms with Crippen molar-refractivity contribution in [2.75, 3.05) is 18.1 Å². The molecule has 1 saturated carbocycles. The standard InChI is InChI=1S/C12H24N2O3S/c1-2-7-14-11(10-5-3-4-6-10)8-18(16,17)9-12(13)15/h10-11,14H,2-9H2,1H3,(H2,13,15). The summed E-state index contributed by atoms with van der Waals surface area (Å²) in [5.74, 6) is -0.861. The minimum atomic E-state index is -3.38. The molecule has 0 spiro atoms. The first-order valence-electron chi connectivity index (χ1n) is 6.66. The maximum absolute atomic E-state index is 11.8. The summed E-state index contributed by atoms with van der Waals surface area (Å²) in [4.78, 5) is 10.8. The van der Waals surface area contributed by atoms with E-state index in [0.717, 1.165) is 25.8 Å². The van der Waals surface area contributed by atoms with Crippen molar-refractivity contribution in [1.82, 2.24) is 5.32 Å². The van der Waals surface area contributed by atoms with Gasteiger partial charge in [-0.1, -0.05) is 19.8 Å². The molecule has 6 heteroatoms. The maximum atomic E-state index is 11.8. The van der Waals surface area contributed by atoms with Gasteiger partial charge < -0.3 is 11.1 Å². The predicted molar refractivity (Wildman–Crippen MR) is 71.9 cm³/mol. The third-order valence-corrected chi connectivity index (χ3v) is 5.01. The van der Waals surface area contributed by atoms with Gasteiger partial charge in [-0.3, -0.25) is 4.79 Å². The molecule has 3 N–H and O–H groups in total. The molecule has 0 aromatic rings. The second-order valence-electron chi connectivity index (χ2n) is 5.13. The van der Waals surface area contributed by atoms with E-state index in [-0.39, 0.29) is 11.8 Å². The summed E-state index contributed by atoms with van der Waals surface area (Å²) in [7, 11) is -3.38. The molecule has 1 fully saturated rings. The summed E-state index contributed by atoms with van der Waals surface area (Å²) in [5, 5.41) is 3.31. The van der Waals surface area contributed by atoms with E-state index in [0.29, 0.717) is 5.92 Å². The van der Waals surface area contributed by atoms with Crippen LogP contribution in [0.5, 0.6) is 0 Å². The van der Waals surface area contributed by atoms with E-state index >= 15 is 0 Å². The molecule has 0 radical (unpaired) electrons. The number of amides is 1. The van der Waals surface area contributed by atoms with Crippen LogP contribution in [0.4, 0.5) is 0 Å². The Bertz CT molecular complexity index is 362. The highest BCUT2D eigenvalue weighted by molar-refractivity contribution is 7.92. The molecule has 0 heterocycles. The second kappa shape index (κ2) is 7.09. The monoisotopic (exact) mass is 276 g/mol. The average Bonchev–Trinajstić information content (AvgIpc) is 2.75. The number of primary amides is 1. The molecular formula is C12H24N2O3S. The highest BCUT2D eigenvalue weighted by Gasteiger charge is 2.29. The largest absolute Gasteiger partial charge is 0.369 e. The van der Waals surface area contributed by atoms with E-state index in [2.05, 4.69) is 12.2 Å². The van der Waals surface area contributed by atoms with E-state index in [1.54, 1.807) is 0 Å². The van der Waals surface area contributed by atoms with Gasteiger partial charge in [0.05, 0.1) is 5.75 Å². The van der Waals surface area contributed by atoms with Crippen molar-refractivity contribution in [1.29, 1.82) is 0 Å². The number of rotatable bonds is 8. The molecule has 0 aromatic carbocycles. The minimum Gasteiger partial charge on any atom is -0.369 e. The smallest absolute Gasteiger partial charge is 0.232 e. The zero-order valence-corrected chi connectivity index (χ0v) is 11.8. The number of hydrogen-bond acceptors (Lipinski definition) is 4. The zero-order valence-electron chi connectivity index (χ0n) is 11.0. The molecule has 18 heavy (non-hydrogen) atoms. The number of nitrogens with two attached hydrogens (primary N) is 1. The summed E-state index contributed by atoms with van der Waals surface area (Å²) in [6, 6.07) is -0.0307. The lowest BCUT2D eigenvalue weighted by Gasteiger charge is -2.24. The third-order valence-electron chi connectivity index (χ3n) is 3.42. The van der Waals surface area contributed by atoms with Crippen molar-refractivity contribution >= 4 is 15.7 Å². The van der Waals surface area contributed by atoms with Crippen LogP contribution in [0.2, 0.25) is 0 Å². The molecule has 1 amide bonds. The number of hydrogen-bond donors (Lipinski definition) is 2. The van der Waals surface area contributed by atoms with Crippen LogP contribution in [0.15, 0.2) is 0 Å². The highest BCUT2D eigenvalue weighted by Crippen LogP contribution is 2.28. The Morgan fingerprint density at radius 2 is 2.00 bits per heavy atom. The van der Waals surface area contributed by atoms with Gasteiger partial charge in [-0.25, -0.2) is 8.42 Å². The first-order chi connectivity index (χ1) is 8.44.